The Kier molecular flexibility index (Phi) is 6.30. The number of epoxide rings is 2. The molecule has 0 aliphatic carbocycles. The third-order valence-corrected chi connectivity index (χ3v) is 2.85. The Morgan fingerprint density at radius 1 is 1.05 bits per heavy atom. The summed E-state index contributed by atoms with van der Waals surface area (Å²) in [4.78, 5) is 0. The summed E-state index contributed by atoms with van der Waals surface area (Å²) in [5.41, 5.74) is 1.34. The summed E-state index contributed by atoms with van der Waals surface area (Å²) in [6.07, 6.45) is 1.80. The molecule has 2 heterocycles. The lowest BCUT2D eigenvalue weighted by Crippen LogP contribution is -2.06. The van der Waals surface area contributed by atoms with Gasteiger partial charge in [0.15, 0.2) is 0 Å². The van der Waals surface area contributed by atoms with Crippen LogP contribution in [0.15, 0.2) is 30.3 Å². The lowest BCUT2D eigenvalue weighted by Gasteiger charge is -1.97. The molecule has 0 bridgehead atoms. The molecule has 106 valence electrons. The predicted octanol–water partition coefficient (Wildman–Crippen LogP) is 1.68. The van der Waals surface area contributed by atoms with Crippen LogP contribution in [0.1, 0.15) is 5.56 Å². The van der Waals surface area contributed by atoms with Crippen LogP contribution in [-0.2, 0) is 25.4 Å². The Bertz CT molecular complexity index is 321. The van der Waals surface area contributed by atoms with Crippen molar-refractivity contribution in [2.24, 2.45) is 0 Å². The molecule has 2 aliphatic rings. The zero-order valence-electron chi connectivity index (χ0n) is 11.4. The van der Waals surface area contributed by atoms with Gasteiger partial charge in [0.25, 0.3) is 0 Å². The topological polar surface area (TPSA) is 43.5 Å². The molecule has 0 saturated carbocycles. The van der Waals surface area contributed by atoms with Gasteiger partial charge in [-0.15, -0.1) is 0 Å². The van der Waals surface area contributed by atoms with Crippen LogP contribution in [0.25, 0.3) is 0 Å². The van der Waals surface area contributed by atoms with Crippen molar-refractivity contribution in [1.29, 1.82) is 0 Å². The lowest BCUT2D eigenvalue weighted by molar-refractivity contribution is 0.102. The van der Waals surface area contributed by atoms with Crippen LogP contribution >= 0.6 is 0 Å². The van der Waals surface area contributed by atoms with E-state index >= 15 is 0 Å². The van der Waals surface area contributed by atoms with E-state index < -0.39 is 0 Å². The fourth-order valence-electron chi connectivity index (χ4n) is 1.52. The van der Waals surface area contributed by atoms with Crippen LogP contribution in [0.3, 0.4) is 0 Å². The van der Waals surface area contributed by atoms with Gasteiger partial charge in [-0.2, -0.15) is 0 Å². The first-order valence-corrected chi connectivity index (χ1v) is 6.72. The average molecular weight is 266 g/mol. The van der Waals surface area contributed by atoms with Crippen molar-refractivity contribution in [3.8, 4) is 0 Å². The molecule has 2 unspecified atom stereocenters. The maximum atomic E-state index is 5.23. The molecule has 3 rings (SSSR count). The molecule has 2 saturated heterocycles. The second-order valence-electron chi connectivity index (χ2n) is 4.68. The maximum Gasteiger partial charge on any atom is 0.104 e. The monoisotopic (exact) mass is 266 g/mol. The summed E-state index contributed by atoms with van der Waals surface area (Å²) in [6, 6.07) is 10.3. The van der Waals surface area contributed by atoms with Crippen molar-refractivity contribution >= 4 is 0 Å². The molecule has 19 heavy (non-hydrogen) atoms. The van der Waals surface area contributed by atoms with E-state index in [1.54, 1.807) is 7.11 Å². The van der Waals surface area contributed by atoms with E-state index in [4.69, 9.17) is 18.9 Å². The van der Waals surface area contributed by atoms with Crippen LogP contribution < -0.4 is 0 Å². The molecule has 2 fully saturated rings. The largest absolute Gasteiger partial charge is 0.384 e. The van der Waals surface area contributed by atoms with Gasteiger partial charge in [-0.05, 0) is 12.0 Å². The van der Waals surface area contributed by atoms with Crippen LogP contribution in [0.5, 0.6) is 0 Å². The van der Waals surface area contributed by atoms with Crippen LogP contribution in [0.4, 0.5) is 0 Å². The summed E-state index contributed by atoms with van der Waals surface area (Å²) in [5.74, 6) is 0. The molecule has 0 N–H and O–H groups in total. The summed E-state index contributed by atoms with van der Waals surface area (Å²) in [7, 11) is 1.73. The van der Waals surface area contributed by atoms with Gasteiger partial charge in [-0.3, -0.25) is 0 Å². The molecule has 2 aliphatic heterocycles. The normalized spacial score (nSPS) is 23.4. The van der Waals surface area contributed by atoms with Gasteiger partial charge in [0, 0.05) is 7.11 Å². The number of rotatable bonds is 7. The van der Waals surface area contributed by atoms with E-state index in [-0.39, 0.29) is 0 Å². The minimum atomic E-state index is 0.392. The van der Waals surface area contributed by atoms with Crippen LogP contribution in [-0.4, -0.2) is 52.4 Å². The van der Waals surface area contributed by atoms with Gasteiger partial charge in [0.05, 0.1) is 33.0 Å². The third-order valence-electron chi connectivity index (χ3n) is 2.85. The van der Waals surface area contributed by atoms with E-state index in [0.717, 1.165) is 39.5 Å². The zero-order valence-corrected chi connectivity index (χ0v) is 11.4. The smallest absolute Gasteiger partial charge is 0.104 e. The predicted molar refractivity (Wildman–Crippen MR) is 72.3 cm³/mol. The molecule has 2 atom stereocenters. The van der Waals surface area contributed by atoms with Crippen molar-refractivity contribution in [3.05, 3.63) is 35.9 Å². The first kappa shape index (κ1) is 14.5. The number of hydrogen-bond donors (Lipinski definition) is 0. The Morgan fingerprint density at radius 3 is 2.11 bits per heavy atom. The molecular weight excluding hydrogens is 244 g/mol. The lowest BCUT2D eigenvalue weighted by atomic mass is 10.2. The minimum absolute atomic E-state index is 0.392. The molecule has 0 spiro atoms. The second-order valence-corrected chi connectivity index (χ2v) is 4.68. The van der Waals surface area contributed by atoms with E-state index in [9.17, 15) is 0 Å². The highest BCUT2D eigenvalue weighted by Crippen LogP contribution is 2.12. The molecule has 0 amide bonds. The number of methoxy groups -OCH3 is 1. The molecule has 4 heteroatoms. The van der Waals surface area contributed by atoms with Crippen molar-refractivity contribution in [1.82, 2.24) is 0 Å². The second kappa shape index (κ2) is 8.27. The van der Waals surface area contributed by atoms with Gasteiger partial charge in [-0.1, -0.05) is 30.3 Å². The molecule has 0 radical (unpaired) electrons. The standard InChI is InChI=1S/C9H12O.C6H10O3/c1-10-8-7-9-5-3-2-4-6-9;1(5-3-8-5)7-2-6-4-9-6/h2-6H,7-8H2,1H3;5-6H,1-4H2. The zero-order chi connectivity index (χ0) is 13.3. The highest BCUT2D eigenvalue weighted by Gasteiger charge is 2.26. The van der Waals surface area contributed by atoms with Gasteiger partial charge in [-0.25, -0.2) is 0 Å². The number of ether oxygens (including phenoxy) is 4. The average Bonchev–Trinajstić information content (AvgIpc) is 3.33. The third kappa shape index (κ3) is 7.28. The van der Waals surface area contributed by atoms with Gasteiger partial charge in [0.1, 0.15) is 12.2 Å². The summed E-state index contributed by atoms with van der Waals surface area (Å²) >= 11 is 0. The molecule has 1 aromatic carbocycles. The van der Waals surface area contributed by atoms with Crippen molar-refractivity contribution in [2.75, 3.05) is 40.1 Å². The number of hydrogen-bond acceptors (Lipinski definition) is 4. The van der Waals surface area contributed by atoms with Crippen LogP contribution in [0.2, 0.25) is 0 Å². The molecule has 1 aromatic rings. The van der Waals surface area contributed by atoms with E-state index in [2.05, 4.69) is 12.1 Å². The van der Waals surface area contributed by atoms with Crippen molar-refractivity contribution in [2.45, 2.75) is 18.6 Å². The summed E-state index contributed by atoms with van der Waals surface area (Å²) < 4.78 is 20.1. The quantitative estimate of drug-likeness (QED) is 0.704. The summed E-state index contributed by atoms with van der Waals surface area (Å²) in [6.45, 7) is 4.07. The Morgan fingerprint density at radius 2 is 1.63 bits per heavy atom. The van der Waals surface area contributed by atoms with Crippen LogP contribution in [0, 0.1) is 0 Å². The van der Waals surface area contributed by atoms with Gasteiger partial charge >= 0.3 is 0 Å². The van der Waals surface area contributed by atoms with Crippen molar-refractivity contribution in [3.63, 3.8) is 0 Å². The fraction of sp³-hybridized carbons (Fsp3) is 0.600. The molecule has 0 aromatic heterocycles. The van der Waals surface area contributed by atoms with Crippen molar-refractivity contribution < 1.29 is 18.9 Å². The van der Waals surface area contributed by atoms with Gasteiger partial charge < -0.3 is 18.9 Å². The van der Waals surface area contributed by atoms with E-state index in [0.29, 0.717) is 12.2 Å². The highest BCUT2D eigenvalue weighted by atomic mass is 16.6. The summed E-state index contributed by atoms with van der Waals surface area (Å²) in [5, 5.41) is 0. The Labute approximate surface area is 114 Å². The minimum Gasteiger partial charge on any atom is -0.384 e. The molecular formula is C15H22O4. The molecule has 4 nitrogen and oxygen atoms in total. The van der Waals surface area contributed by atoms with Gasteiger partial charge in [0.2, 0.25) is 0 Å². The maximum absolute atomic E-state index is 5.23. The first-order valence-electron chi connectivity index (χ1n) is 6.72. The fourth-order valence-corrected chi connectivity index (χ4v) is 1.52. The van der Waals surface area contributed by atoms with E-state index in [1.807, 2.05) is 18.2 Å². The SMILES string of the molecule is C(OCC1CO1)C1CO1.COCCc1ccccc1. The number of benzene rings is 1. The van der Waals surface area contributed by atoms with E-state index in [1.165, 1.54) is 5.56 Å². The first-order chi connectivity index (χ1) is 9.38. The Hall–Kier alpha value is -0.940. The Balaban J connectivity index is 0.000000141. The highest BCUT2D eigenvalue weighted by molar-refractivity contribution is 5.14.